The average molecular weight is 236 g/mol. The summed E-state index contributed by atoms with van der Waals surface area (Å²) in [5.41, 5.74) is 7.14. The molecule has 1 heterocycles. The predicted molar refractivity (Wildman–Crippen MR) is 71.2 cm³/mol. The monoisotopic (exact) mass is 236 g/mol. The number of methoxy groups -OCH3 is 1. The number of nitrogens with zero attached hydrogens (tertiary/aromatic N) is 1. The Labute approximate surface area is 104 Å². The number of rotatable bonds is 3. The van der Waals surface area contributed by atoms with Crippen LogP contribution in [0.25, 0.3) is 0 Å². The minimum absolute atomic E-state index is 0.143. The van der Waals surface area contributed by atoms with Gasteiger partial charge in [-0.3, -0.25) is 4.99 Å². The van der Waals surface area contributed by atoms with E-state index in [0.717, 1.165) is 13.0 Å². The second-order valence-electron chi connectivity index (χ2n) is 5.61. The highest BCUT2D eigenvalue weighted by Crippen LogP contribution is 2.43. The molecule has 1 atom stereocenters. The first-order valence-electron chi connectivity index (χ1n) is 6.65. The molecule has 0 aromatic carbocycles. The Morgan fingerprint density at radius 1 is 1.35 bits per heavy atom. The summed E-state index contributed by atoms with van der Waals surface area (Å²) in [7, 11) is 1.74. The van der Waals surface area contributed by atoms with Gasteiger partial charge in [-0.25, -0.2) is 0 Å². The third-order valence-corrected chi connectivity index (χ3v) is 4.39. The molecule has 2 N–H and O–H groups in total. The second-order valence-corrected chi connectivity index (χ2v) is 5.61. The maximum absolute atomic E-state index is 6.02. The fourth-order valence-corrected chi connectivity index (χ4v) is 2.89. The van der Waals surface area contributed by atoms with Crippen LogP contribution < -0.4 is 5.73 Å². The second kappa shape index (κ2) is 4.91. The number of nitrogens with two attached hydrogens (primary N) is 1. The van der Waals surface area contributed by atoms with Gasteiger partial charge in [0, 0.05) is 37.4 Å². The molecule has 17 heavy (non-hydrogen) atoms. The van der Waals surface area contributed by atoms with Crippen LogP contribution in [-0.4, -0.2) is 25.5 Å². The first-order chi connectivity index (χ1) is 8.14. The largest absolute Gasteiger partial charge is 0.373 e. The van der Waals surface area contributed by atoms with Gasteiger partial charge in [-0.15, -0.1) is 0 Å². The van der Waals surface area contributed by atoms with Crippen LogP contribution in [0.15, 0.2) is 16.8 Å². The van der Waals surface area contributed by atoms with Gasteiger partial charge < -0.3 is 10.5 Å². The standard InChI is InChI=1S/C14H24N2O/c1-13(17-2)9-6-12(16-11-13)14(10-15)7-4-3-5-8-14/h6,11H,3-5,7-10,15H2,1-2H3. The molecule has 1 aliphatic heterocycles. The Bertz CT molecular complexity index is 329. The van der Waals surface area contributed by atoms with Crippen LogP contribution in [0.2, 0.25) is 0 Å². The third-order valence-electron chi connectivity index (χ3n) is 4.39. The maximum atomic E-state index is 6.02. The number of aliphatic imine (C=N–C) groups is 1. The summed E-state index contributed by atoms with van der Waals surface area (Å²) in [4.78, 5) is 4.65. The van der Waals surface area contributed by atoms with Crippen molar-refractivity contribution in [3.63, 3.8) is 0 Å². The molecule has 3 nitrogen and oxygen atoms in total. The summed E-state index contributed by atoms with van der Waals surface area (Å²) in [6, 6.07) is 0. The van der Waals surface area contributed by atoms with Crippen LogP contribution in [0.5, 0.6) is 0 Å². The van der Waals surface area contributed by atoms with Crippen molar-refractivity contribution in [2.45, 2.75) is 51.0 Å². The number of hydrogen-bond acceptors (Lipinski definition) is 3. The fraction of sp³-hybridized carbons (Fsp3) is 0.786. The summed E-state index contributed by atoms with van der Waals surface area (Å²) in [6.07, 6.45) is 11.4. The summed E-state index contributed by atoms with van der Waals surface area (Å²) in [6.45, 7) is 2.79. The van der Waals surface area contributed by atoms with Crippen molar-refractivity contribution in [1.82, 2.24) is 0 Å². The molecule has 1 aliphatic carbocycles. The molecular formula is C14H24N2O. The Kier molecular flexibility index (Phi) is 3.69. The van der Waals surface area contributed by atoms with Gasteiger partial charge in [-0.05, 0) is 19.8 Å². The lowest BCUT2D eigenvalue weighted by atomic mass is 9.71. The van der Waals surface area contributed by atoms with Crippen LogP contribution in [0.3, 0.4) is 0 Å². The Balaban J connectivity index is 2.15. The molecule has 0 amide bonds. The maximum Gasteiger partial charge on any atom is 0.103 e. The van der Waals surface area contributed by atoms with Gasteiger partial charge in [0.1, 0.15) is 5.60 Å². The zero-order chi connectivity index (χ0) is 12.4. The molecule has 0 radical (unpaired) electrons. The van der Waals surface area contributed by atoms with Gasteiger partial charge in [0.2, 0.25) is 0 Å². The molecular weight excluding hydrogens is 212 g/mol. The summed E-state index contributed by atoms with van der Waals surface area (Å²) in [5, 5.41) is 0. The molecule has 1 saturated carbocycles. The van der Waals surface area contributed by atoms with Crippen molar-refractivity contribution in [3.05, 3.63) is 11.8 Å². The molecule has 3 heteroatoms. The Morgan fingerprint density at radius 3 is 2.53 bits per heavy atom. The lowest BCUT2D eigenvalue weighted by Gasteiger charge is -2.39. The van der Waals surface area contributed by atoms with Gasteiger partial charge in [-0.1, -0.05) is 25.3 Å². The van der Waals surface area contributed by atoms with Gasteiger partial charge in [-0.2, -0.15) is 0 Å². The molecule has 0 spiro atoms. The van der Waals surface area contributed by atoms with E-state index in [1.54, 1.807) is 7.11 Å². The van der Waals surface area contributed by atoms with Crippen LogP contribution in [0.1, 0.15) is 45.4 Å². The van der Waals surface area contributed by atoms with E-state index >= 15 is 0 Å². The summed E-state index contributed by atoms with van der Waals surface area (Å²) < 4.78 is 5.46. The van der Waals surface area contributed by atoms with Crippen LogP contribution >= 0.6 is 0 Å². The Hall–Kier alpha value is -0.670. The molecule has 2 rings (SSSR count). The molecule has 1 fully saturated rings. The first-order valence-corrected chi connectivity index (χ1v) is 6.65. The van der Waals surface area contributed by atoms with Crippen molar-refractivity contribution in [3.8, 4) is 0 Å². The van der Waals surface area contributed by atoms with E-state index in [1.165, 1.54) is 37.8 Å². The van der Waals surface area contributed by atoms with E-state index < -0.39 is 0 Å². The smallest absolute Gasteiger partial charge is 0.103 e. The normalized spacial score (nSPS) is 32.3. The minimum atomic E-state index is -0.228. The zero-order valence-corrected chi connectivity index (χ0v) is 11.0. The molecule has 2 aliphatic rings. The van der Waals surface area contributed by atoms with Crippen molar-refractivity contribution in [1.29, 1.82) is 0 Å². The molecule has 0 aromatic rings. The van der Waals surface area contributed by atoms with E-state index in [0.29, 0.717) is 0 Å². The SMILES string of the molecule is COC1(C)C=NC(C2(CN)CCCCC2)=CC1. The topological polar surface area (TPSA) is 47.6 Å². The molecule has 0 saturated heterocycles. The van der Waals surface area contributed by atoms with Gasteiger partial charge in [0.15, 0.2) is 0 Å². The first kappa shape index (κ1) is 12.8. The highest BCUT2D eigenvalue weighted by molar-refractivity contribution is 5.71. The molecule has 0 aromatic heterocycles. The lowest BCUT2D eigenvalue weighted by molar-refractivity contribution is 0.0707. The minimum Gasteiger partial charge on any atom is -0.373 e. The molecule has 96 valence electrons. The van der Waals surface area contributed by atoms with E-state index in [1.807, 2.05) is 6.21 Å². The fourth-order valence-electron chi connectivity index (χ4n) is 2.89. The highest BCUT2D eigenvalue weighted by Gasteiger charge is 2.36. The quantitative estimate of drug-likeness (QED) is 0.819. The summed E-state index contributed by atoms with van der Waals surface area (Å²) in [5.74, 6) is 0. The summed E-state index contributed by atoms with van der Waals surface area (Å²) >= 11 is 0. The van der Waals surface area contributed by atoms with Crippen molar-refractivity contribution < 1.29 is 4.74 Å². The molecule has 1 unspecified atom stereocenters. The van der Waals surface area contributed by atoms with E-state index in [4.69, 9.17) is 10.5 Å². The van der Waals surface area contributed by atoms with E-state index in [2.05, 4.69) is 18.0 Å². The highest BCUT2D eigenvalue weighted by atomic mass is 16.5. The van der Waals surface area contributed by atoms with Gasteiger partial charge >= 0.3 is 0 Å². The number of ether oxygens (including phenoxy) is 1. The Morgan fingerprint density at radius 2 is 2.06 bits per heavy atom. The average Bonchev–Trinajstić information content (AvgIpc) is 2.40. The van der Waals surface area contributed by atoms with Crippen LogP contribution in [0, 0.1) is 5.41 Å². The third kappa shape index (κ3) is 2.45. The van der Waals surface area contributed by atoms with Crippen LogP contribution in [0.4, 0.5) is 0 Å². The lowest BCUT2D eigenvalue weighted by Crippen LogP contribution is -2.37. The van der Waals surface area contributed by atoms with Crippen molar-refractivity contribution in [2.75, 3.05) is 13.7 Å². The van der Waals surface area contributed by atoms with Crippen molar-refractivity contribution >= 4 is 6.21 Å². The van der Waals surface area contributed by atoms with Gasteiger partial charge in [0.05, 0.1) is 0 Å². The van der Waals surface area contributed by atoms with Crippen LogP contribution in [-0.2, 0) is 4.74 Å². The molecule has 0 bridgehead atoms. The zero-order valence-electron chi connectivity index (χ0n) is 11.0. The number of hydrogen-bond donors (Lipinski definition) is 1. The van der Waals surface area contributed by atoms with Crippen molar-refractivity contribution in [2.24, 2.45) is 16.1 Å². The van der Waals surface area contributed by atoms with E-state index in [-0.39, 0.29) is 11.0 Å². The predicted octanol–water partition coefficient (Wildman–Crippen LogP) is 2.66. The van der Waals surface area contributed by atoms with Gasteiger partial charge in [0.25, 0.3) is 0 Å². The van der Waals surface area contributed by atoms with E-state index in [9.17, 15) is 0 Å².